The second-order valence-electron chi connectivity index (χ2n) is 3.40. The molecule has 98 valence electrons. The molecule has 3 aromatic rings. The van der Waals surface area contributed by atoms with Gasteiger partial charge < -0.3 is 4.42 Å². The highest BCUT2D eigenvalue weighted by Gasteiger charge is 2.09. The lowest BCUT2D eigenvalue weighted by molar-refractivity contribution is 0.584. The summed E-state index contributed by atoms with van der Waals surface area (Å²) in [4.78, 5) is 8.01. The molecule has 0 aliphatic heterocycles. The molecule has 3 heterocycles. The molecule has 3 aromatic heterocycles. The third kappa shape index (κ3) is 3.27. The molecule has 0 saturated heterocycles. The third-order valence-corrected chi connectivity index (χ3v) is 2.24. The first-order valence-corrected chi connectivity index (χ1v) is 5.08. The van der Waals surface area contributed by atoms with Crippen molar-refractivity contribution >= 4 is 24.8 Å². The molecule has 0 amide bonds. The van der Waals surface area contributed by atoms with Gasteiger partial charge in [0, 0.05) is 24.8 Å². The Morgan fingerprint density at radius 3 is 1.58 bits per heavy atom. The Morgan fingerprint density at radius 1 is 0.737 bits per heavy atom. The predicted molar refractivity (Wildman–Crippen MR) is 75.3 cm³/mol. The van der Waals surface area contributed by atoms with E-state index in [1.165, 1.54) is 0 Å². The zero-order valence-corrected chi connectivity index (χ0v) is 11.3. The van der Waals surface area contributed by atoms with E-state index in [0.29, 0.717) is 11.8 Å². The molecule has 0 N–H and O–H groups in total. The number of pyridine rings is 2. The van der Waals surface area contributed by atoms with Crippen molar-refractivity contribution in [1.29, 1.82) is 0 Å². The van der Waals surface area contributed by atoms with Crippen molar-refractivity contribution in [2.75, 3.05) is 0 Å². The van der Waals surface area contributed by atoms with Gasteiger partial charge in [0.2, 0.25) is 11.8 Å². The predicted octanol–water partition coefficient (Wildman–Crippen LogP) is 3.04. The van der Waals surface area contributed by atoms with Crippen LogP contribution < -0.4 is 0 Å². The summed E-state index contributed by atoms with van der Waals surface area (Å²) in [7, 11) is 0. The fourth-order valence-electron chi connectivity index (χ4n) is 1.44. The van der Waals surface area contributed by atoms with Crippen LogP contribution in [0, 0.1) is 0 Å². The van der Waals surface area contributed by atoms with Crippen LogP contribution in [0.3, 0.4) is 0 Å². The third-order valence-electron chi connectivity index (χ3n) is 2.24. The van der Waals surface area contributed by atoms with E-state index >= 15 is 0 Å². The molecule has 0 atom stereocenters. The average Bonchev–Trinajstić information content (AvgIpc) is 2.90. The van der Waals surface area contributed by atoms with Crippen molar-refractivity contribution in [3.63, 3.8) is 0 Å². The Balaban J connectivity index is 0.000000902. The van der Waals surface area contributed by atoms with Gasteiger partial charge in [0.25, 0.3) is 0 Å². The lowest BCUT2D eigenvalue weighted by atomic mass is 10.3. The van der Waals surface area contributed by atoms with Gasteiger partial charge in [0.05, 0.1) is 11.1 Å². The van der Waals surface area contributed by atoms with Crippen LogP contribution in [0.5, 0.6) is 0 Å². The van der Waals surface area contributed by atoms with E-state index in [0.717, 1.165) is 11.1 Å². The molecule has 0 aliphatic carbocycles. The van der Waals surface area contributed by atoms with Gasteiger partial charge in [0.1, 0.15) is 0 Å². The molecule has 0 bridgehead atoms. The van der Waals surface area contributed by atoms with Crippen molar-refractivity contribution in [3.8, 4) is 22.9 Å². The van der Waals surface area contributed by atoms with E-state index in [-0.39, 0.29) is 24.8 Å². The standard InChI is InChI=1S/C12H8N4O.2ClH/c1-3-9(7-13-5-1)11-15-16-12(17-11)10-4-2-6-14-8-10;;/h1-8H;2*1H. The largest absolute Gasteiger partial charge is 0.416 e. The maximum atomic E-state index is 5.55. The van der Waals surface area contributed by atoms with Crippen LogP contribution in [-0.2, 0) is 0 Å². The Hall–Kier alpha value is -1.98. The summed E-state index contributed by atoms with van der Waals surface area (Å²) in [6.45, 7) is 0. The first-order chi connectivity index (χ1) is 8.43. The zero-order valence-electron chi connectivity index (χ0n) is 9.63. The highest BCUT2D eigenvalue weighted by Crippen LogP contribution is 2.22. The topological polar surface area (TPSA) is 64.7 Å². The minimum atomic E-state index is 0. The van der Waals surface area contributed by atoms with Crippen molar-refractivity contribution in [2.45, 2.75) is 0 Å². The highest BCUT2D eigenvalue weighted by atomic mass is 35.5. The molecule has 3 rings (SSSR count). The molecule has 0 unspecified atom stereocenters. The van der Waals surface area contributed by atoms with Crippen LogP contribution in [0.2, 0.25) is 0 Å². The summed E-state index contributed by atoms with van der Waals surface area (Å²) >= 11 is 0. The molecule has 19 heavy (non-hydrogen) atoms. The van der Waals surface area contributed by atoms with Crippen molar-refractivity contribution < 1.29 is 4.42 Å². The van der Waals surface area contributed by atoms with Gasteiger partial charge in [0.15, 0.2) is 0 Å². The van der Waals surface area contributed by atoms with E-state index < -0.39 is 0 Å². The Kier molecular flexibility index (Phi) is 5.41. The van der Waals surface area contributed by atoms with Gasteiger partial charge in [-0.15, -0.1) is 35.0 Å². The lowest BCUT2D eigenvalue weighted by Gasteiger charge is -1.92. The van der Waals surface area contributed by atoms with Crippen molar-refractivity contribution in [1.82, 2.24) is 20.2 Å². The molecule has 0 saturated carbocycles. The van der Waals surface area contributed by atoms with Gasteiger partial charge in [-0.05, 0) is 24.3 Å². The molecule has 0 radical (unpaired) electrons. The summed E-state index contributed by atoms with van der Waals surface area (Å²) in [5.41, 5.74) is 1.60. The Bertz CT molecular complexity index is 562. The molecule has 0 aromatic carbocycles. The van der Waals surface area contributed by atoms with Crippen LogP contribution in [0.15, 0.2) is 53.5 Å². The van der Waals surface area contributed by atoms with Crippen LogP contribution in [0.4, 0.5) is 0 Å². The first kappa shape index (κ1) is 15.1. The fraction of sp³-hybridized carbons (Fsp3) is 0. The van der Waals surface area contributed by atoms with E-state index in [4.69, 9.17) is 4.42 Å². The minimum Gasteiger partial charge on any atom is -0.416 e. The van der Waals surface area contributed by atoms with Gasteiger partial charge in [-0.2, -0.15) is 0 Å². The number of halogens is 2. The van der Waals surface area contributed by atoms with Crippen LogP contribution >= 0.6 is 24.8 Å². The monoisotopic (exact) mass is 296 g/mol. The van der Waals surface area contributed by atoms with Crippen molar-refractivity contribution in [3.05, 3.63) is 49.1 Å². The molecule has 5 nitrogen and oxygen atoms in total. The smallest absolute Gasteiger partial charge is 0.249 e. The summed E-state index contributed by atoms with van der Waals surface area (Å²) in [6.07, 6.45) is 6.75. The van der Waals surface area contributed by atoms with Crippen LogP contribution in [-0.4, -0.2) is 20.2 Å². The number of rotatable bonds is 2. The number of hydrogen-bond donors (Lipinski definition) is 0. The summed E-state index contributed by atoms with van der Waals surface area (Å²) in [6, 6.07) is 7.38. The van der Waals surface area contributed by atoms with Gasteiger partial charge >= 0.3 is 0 Å². The Labute approximate surface area is 121 Å². The summed E-state index contributed by atoms with van der Waals surface area (Å²) in [5.74, 6) is 0.911. The molecular weight excluding hydrogens is 287 g/mol. The highest BCUT2D eigenvalue weighted by molar-refractivity contribution is 5.85. The second kappa shape index (κ2) is 6.82. The van der Waals surface area contributed by atoms with E-state index in [9.17, 15) is 0 Å². The normalized spacial score (nSPS) is 9.26. The van der Waals surface area contributed by atoms with Crippen LogP contribution in [0.25, 0.3) is 22.9 Å². The fourth-order valence-corrected chi connectivity index (χ4v) is 1.44. The zero-order chi connectivity index (χ0) is 11.5. The van der Waals surface area contributed by atoms with E-state index in [2.05, 4.69) is 20.2 Å². The number of hydrogen-bond acceptors (Lipinski definition) is 5. The van der Waals surface area contributed by atoms with Crippen LogP contribution in [0.1, 0.15) is 0 Å². The molecule has 0 spiro atoms. The second-order valence-corrected chi connectivity index (χ2v) is 3.40. The summed E-state index contributed by atoms with van der Waals surface area (Å²) < 4.78 is 5.55. The molecule has 7 heteroatoms. The van der Waals surface area contributed by atoms with Gasteiger partial charge in [-0.25, -0.2) is 0 Å². The van der Waals surface area contributed by atoms with E-state index in [1.807, 2.05) is 24.3 Å². The average molecular weight is 297 g/mol. The quantitative estimate of drug-likeness (QED) is 0.727. The van der Waals surface area contributed by atoms with Gasteiger partial charge in [-0.3, -0.25) is 9.97 Å². The SMILES string of the molecule is Cl.Cl.c1cncc(-c2nnc(-c3cccnc3)o2)c1. The Morgan fingerprint density at radius 2 is 1.21 bits per heavy atom. The number of nitrogens with zero attached hydrogens (tertiary/aromatic N) is 4. The molecule has 0 fully saturated rings. The summed E-state index contributed by atoms with van der Waals surface area (Å²) in [5, 5.41) is 7.96. The first-order valence-electron chi connectivity index (χ1n) is 5.08. The van der Waals surface area contributed by atoms with Gasteiger partial charge in [-0.1, -0.05) is 0 Å². The molecular formula is C12H10Cl2N4O. The molecule has 0 aliphatic rings. The maximum Gasteiger partial charge on any atom is 0.249 e. The maximum absolute atomic E-state index is 5.55. The lowest BCUT2D eigenvalue weighted by Crippen LogP contribution is -1.78. The van der Waals surface area contributed by atoms with Crippen molar-refractivity contribution in [2.24, 2.45) is 0 Å². The van der Waals surface area contributed by atoms with E-state index in [1.54, 1.807) is 24.8 Å². The minimum absolute atomic E-state index is 0. The number of aromatic nitrogens is 4.